The van der Waals surface area contributed by atoms with Gasteiger partial charge in [-0.15, -0.1) is 0 Å². The molecular formula is C10H11FN2O2. The van der Waals surface area contributed by atoms with Crippen LogP contribution in [-0.4, -0.2) is 24.4 Å². The average molecular weight is 210 g/mol. The molecule has 0 fully saturated rings. The van der Waals surface area contributed by atoms with E-state index in [9.17, 15) is 4.39 Å². The van der Waals surface area contributed by atoms with Gasteiger partial charge in [0, 0.05) is 6.54 Å². The summed E-state index contributed by atoms with van der Waals surface area (Å²) in [7, 11) is 0. The van der Waals surface area contributed by atoms with Gasteiger partial charge in [0.05, 0.1) is 0 Å². The molecule has 1 atom stereocenters. The van der Waals surface area contributed by atoms with E-state index in [0.29, 0.717) is 0 Å². The molecule has 0 aromatic heterocycles. The van der Waals surface area contributed by atoms with Crippen molar-refractivity contribution < 1.29 is 14.2 Å². The summed E-state index contributed by atoms with van der Waals surface area (Å²) in [5.74, 6) is -0.526. The minimum atomic E-state index is -0.820. The van der Waals surface area contributed by atoms with Crippen LogP contribution >= 0.6 is 0 Å². The predicted octanol–water partition coefficient (Wildman–Crippen LogP) is 0.396. The molecular weight excluding hydrogens is 199 g/mol. The number of aliphatic hydroxyl groups excluding tert-OH is 1. The van der Waals surface area contributed by atoms with Crippen LogP contribution in [0.4, 0.5) is 4.39 Å². The summed E-state index contributed by atoms with van der Waals surface area (Å²) in [5, 5.41) is 17.8. The first-order chi connectivity index (χ1) is 7.19. The van der Waals surface area contributed by atoms with E-state index in [1.54, 1.807) is 6.07 Å². The van der Waals surface area contributed by atoms with Crippen LogP contribution in [0.5, 0.6) is 5.75 Å². The van der Waals surface area contributed by atoms with Gasteiger partial charge in [-0.25, -0.2) is 4.39 Å². The molecule has 0 aliphatic carbocycles. The fourth-order valence-electron chi connectivity index (χ4n) is 0.987. The summed E-state index contributed by atoms with van der Waals surface area (Å²) in [6.07, 6.45) is -0.820. The SMILES string of the molecule is N#Cc1c(F)cccc1OCC(O)CN. The first-order valence-corrected chi connectivity index (χ1v) is 4.38. The van der Waals surface area contributed by atoms with Gasteiger partial charge in [0.15, 0.2) is 0 Å². The second-order valence-corrected chi connectivity index (χ2v) is 2.93. The van der Waals surface area contributed by atoms with Crippen molar-refractivity contribution in [1.82, 2.24) is 0 Å². The largest absolute Gasteiger partial charge is 0.489 e. The van der Waals surface area contributed by atoms with Gasteiger partial charge >= 0.3 is 0 Å². The highest BCUT2D eigenvalue weighted by atomic mass is 19.1. The third-order valence-electron chi connectivity index (χ3n) is 1.79. The molecule has 15 heavy (non-hydrogen) atoms. The molecule has 0 saturated carbocycles. The van der Waals surface area contributed by atoms with Gasteiger partial charge in [-0.1, -0.05) is 6.07 Å². The van der Waals surface area contributed by atoms with E-state index in [1.165, 1.54) is 18.2 Å². The van der Waals surface area contributed by atoms with Crippen LogP contribution in [0.2, 0.25) is 0 Å². The van der Waals surface area contributed by atoms with E-state index in [4.69, 9.17) is 20.8 Å². The Morgan fingerprint density at radius 3 is 2.93 bits per heavy atom. The lowest BCUT2D eigenvalue weighted by molar-refractivity contribution is 0.114. The molecule has 0 heterocycles. The van der Waals surface area contributed by atoms with E-state index in [-0.39, 0.29) is 24.5 Å². The smallest absolute Gasteiger partial charge is 0.144 e. The second-order valence-electron chi connectivity index (χ2n) is 2.93. The molecule has 0 amide bonds. The maximum Gasteiger partial charge on any atom is 0.144 e. The van der Waals surface area contributed by atoms with Gasteiger partial charge in [-0.3, -0.25) is 0 Å². The van der Waals surface area contributed by atoms with E-state index in [2.05, 4.69) is 0 Å². The highest BCUT2D eigenvalue weighted by molar-refractivity contribution is 5.43. The Bertz CT molecular complexity index is 376. The number of nitriles is 1. The minimum absolute atomic E-state index is 0.0528. The van der Waals surface area contributed by atoms with Crippen molar-refractivity contribution in [3.05, 3.63) is 29.6 Å². The van der Waals surface area contributed by atoms with Crippen LogP contribution in [0.1, 0.15) is 5.56 Å². The molecule has 80 valence electrons. The van der Waals surface area contributed by atoms with Crippen LogP contribution in [0.3, 0.4) is 0 Å². The van der Waals surface area contributed by atoms with Crippen molar-refractivity contribution in [2.75, 3.05) is 13.2 Å². The molecule has 5 heteroatoms. The molecule has 3 N–H and O–H groups in total. The van der Waals surface area contributed by atoms with E-state index >= 15 is 0 Å². The van der Waals surface area contributed by atoms with Crippen molar-refractivity contribution in [2.45, 2.75) is 6.10 Å². The summed E-state index contributed by atoms with van der Waals surface area (Å²) < 4.78 is 18.1. The first kappa shape index (κ1) is 11.4. The highest BCUT2D eigenvalue weighted by Crippen LogP contribution is 2.20. The lowest BCUT2D eigenvalue weighted by atomic mass is 10.2. The third kappa shape index (κ3) is 2.91. The standard InChI is InChI=1S/C10H11FN2O2/c11-9-2-1-3-10(8(9)5-13)15-6-7(14)4-12/h1-3,7,14H,4,6,12H2. The minimum Gasteiger partial charge on any atom is -0.489 e. The Morgan fingerprint density at radius 1 is 1.60 bits per heavy atom. The van der Waals surface area contributed by atoms with Crippen LogP contribution < -0.4 is 10.5 Å². The van der Waals surface area contributed by atoms with Gasteiger partial charge < -0.3 is 15.6 Å². The number of ether oxygens (including phenoxy) is 1. The fourth-order valence-corrected chi connectivity index (χ4v) is 0.987. The summed E-state index contributed by atoms with van der Waals surface area (Å²) in [5.41, 5.74) is 5.00. The maximum atomic E-state index is 13.1. The molecule has 1 rings (SSSR count). The van der Waals surface area contributed by atoms with Crippen LogP contribution in [0, 0.1) is 17.1 Å². The Balaban J connectivity index is 2.77. The summed E-state index contributed by atoms with van der Waals surface area (Å²) >= 11 is 0. The Hall–Kier alpha value is -1.64. The highest BCUT2D eigenvalue weighted by Gasteiger charge is 2.10. The van der Waals surface area contributed by atoms with Crippen LogP contribution in [-0.2, 0) is 0 Å². The Labute approximate surface area is 86.7 Å². The number of nitrogens with zero attached hydrogens (tertiary/aromatic N) is 1. The topological polar surface area (TPSA) is 79.3 Å². The molecule has 0 radical (unpaired) electrons. The zero-order valence-electron chi connectivity index (χ0n) is 7.98. The van der Waals surface area contributed by atoms with Gasteiger partial charge in [0.25, 0.3) is 0 Å². The van der Waals surface area contributed by atoms with Gasteiger partial charge in [0.2, 0.25) is 0 Å². The number of halogens is 1. The van der Waals surface area contributed by atoms with E-state index in [1.807, 2.05) is 0 Å². The van der Waals surface area contributed by atoms with Crippen molar-refractivity contribution in [3.8, 4) is 11.8 Å². The second kappa shape index (κ2) is 5.29. The molecule has 1 aromatic carbocycles. The van der Waals surface area contributed by atoms with Crippen LogP contribution in [0.15, 0.2) is 18.2 Å². The fraction of sp³-hybridized carbons (Fsp3) is 0.300. The molecule has 4 nitrogen and oxygen atoms in total. The zero-order chi connectivity index (χ0) is 11.3. The van der Waals surface area contributed by atoms with Gasteiger partial charge in [0.1, 0.15) is 35.9 Å². The summed E-state index contributed by atoms with van der Waals surface area (Å²) in [4.78, 5) is 0. The van der Waals surface area contributed by atoms with Gasteiger partial charge in [-0.2, -0.15) is 5.26 Å². The molecule has 0 saturated heterocycles. The quantitative estimate of drug-likeness (QED) is 0.753. The average Bonchev–Trinajstić information content (AvgIpc) is 2.25. The monoisotopic (exact) mass is 210 g/mol. The Kier molecular flexibility index (Phi) is 4.03. The number of hydrogen-bond donors (Lipinski definition) is 2. The molecule has 0 bridgehead atoms. The molecule has 0 aliphatic rings. The van der Waals surface area contributed by atoms with Crippen molar-refractivity contribution in [2.24, 2.45) is 5.73 Å². The Morgan fingerprint density at radius 2 is 2.33 bits per heavy atom. The van der Waals surface area contributed by atoms with Crippen molar-refractivity contribution in [1.29, 1.82) is 5.26 Å². The lowest BCUT2D eigenvalue weighted by Crippen LogP contribution is -2.26. The van der Waals surface area contributed by atoms with Crippen molar-refractivity contribution in [3.63, 3.8) is 0 Å². The molecule has 0 aliphatic heterocycles. The predicted molar refractivity (Wildman–Crippen MR) is 51.7 cm³/mol. The molecule has 0 spiro atoms. The maximum absolute atomic E-state index is 13.1. The van der Waals surface area contributed by atoms with Crippen molar-refractivity contribution >= 4 is 0 Å². The number of aliphatic hydroxyl groups is 1. The molecule has 1 unspecified atom stereocenters. The van der Waals surface area contributed by atoms with E-state index in [0.717, 1.165) is 0 Å². The number of benzene rings is 1. The third-order valence-corrected chi connectivity index (χ3v) is 1.79. The summed E-state index contributed by atoms with van der Waals surface area (Å²) in [6.45, 7) is -0.00810. The van der Waals surface area contributed by atoms with Crippen LogP contribution in [0.25, 0.3) is 0 Å². The lowest BCUT2D eigenvalue weighted by Gasteiger charge is -2.11. The number of hydrogen-bond acceptors (Lipinski definition) is 4. The van der Waals surface area contributed by atoms with E-state index < -0.39 is 11.9 Å². The first-order valence-electron chi connectivity index (χ1n) is 4.38. The summed E-state index contributed by atoms with van der Waals surface area (Å²) in [6, 6.07) is 5.76. The molecule has 1 aromatic rings. The van der Waals surface area contributed by atoms with Gasteiger partial charge in [-0.05, 0) is 12.1 Å². The normalized spacial score (nSPS) is 11.9. The number of nitrogens with two attached hydrogens (primary N) is 1. The zero-order valence-corrected chi connectivity index (χ0v) is 7.98. The number of rotatable bonds is 4.